The molecule has 4 saturated carbocycles. The first-order chi connectivity index (χ1) is 16.4. The first-order valence-electron chi connectivity index (χ1n) is 12.0. The van der Waals surface area contributed by atoms with Gasteiger partial charge in [-0.2, -0.15) is 0 Å². The van der Waals surface area contributed by atoms with Crippen LogP contribution in [0, 0.1) is 17.8 Å². The van der Waals surface area contributed by atoms with Gasteiger partial charge < -0.3 is 15.2 Å². The van der Waals surface area contributed by atoms with Crippen molar-refractivity contribution in [3.8, 4) is 0 Å². The van der Waals surface area contributed by atoms with Gasteiger partial charge >= 0.3 is 12.0 Å². The number of imide groups is 1. The third-order valence-corrected chi connectivity index (χ3v) is 7.68. The Morgan fingerprint density at radius 3 is 1.79 bits per heavy atom. The molecule has 7 heteroatoms. The summed E-state index contributed by atoms with van der Waals surface area (Å²) in [5.74, 6) is 0.270. The summed E-state index contributed by atoms with van der Waals surface area (Å²) in [6, 6.07) is 16.3. The maximum atomic E-state index is 13.0. The highest BCUT2D eigenvalue weighted by atomic mass is 16.6. The zero-order valence-electron chi connectivity index (χ0n) is 19.0. The van der Waals surface area contributed by atoms with Crippen molar-refractivity contribution in [3.63, 3.8) is 0 Å². The van der Waals surface area contributed by atoms with E-state index < -0.39 is 30.1 Å². The van der Waals surface area contributed by atoms with Crippen LogP contribution < -0.4 is 10.6 Å². The van der Waals surface area contributed by atoms with Gasteiger partial charge in [-0.1, -0.05) is 60.7 Å². The molecule has 3 N–H and O–H groups in total. The Balaban J connectivity index is 1.20. The van der Waals surface area contributed by atoms with Gasteiger partial charge in [0.15, 0.2) is 6.61 Å². The molecule has 4 fully saturated rings. The molecule has 3 amide bonds. The van der Waals surface area contributed by atoms with E-state index in [2.05, 4.69) is 10.6 Å². The summed E-state index contributed by atoms with van der Waals surface area (Å²) >= 11 is 0. The third kappa shape index (κ3) is 4.32. The zero-order valence-corrected chi connectivity index (χ0v) is 19.0. The summed E-state index contributed by atoms with van der Waals surface area (Å²) in [4.78, 5) is 38.0. The van der Waals surface area contributed by atoms with Gasteiger partial charge in [-0.25, -0.2) is 9.59 Å². The van der Waals surface area contributed by atoms with Gasteiger partial charge in [0, 0.05) is 5.54 Å². The van der Waals surface area contributed by atoms with Crippen LogP contribution in [0.4, 0.5) is 4.79 Å². The van der Waals surface area contributed by atoms with E-state index in [1.54, 1.807) is 60.7 Å². The number of esters is 1. The van der Waals surface area contributed by atoms with E-state index in [9.17, 15) is 19.5 Å². The second-order valence-electron chi connectivity index (χ2n) is 10.2. The molecule has 4 aliphatic carbocycles. The van der Waals surface area contributed by atoms with Crippen LogP contribution in [-0.4, -0.2) is 35.2 Å². The SMILES string of the molecule is O=C(COC(=O)C(O)(c1ccccc1)c1ccccc1)NC(=O)NC12CC3CC(CC(C3)C1)C2. The Morgan fingerprint density at radius 1 is 0.853 bits per heavy atom. The van der Waals surface area contributed by atoms with Crippen LogP contribution in [0.2, 0.25) is 0 Å². The fourth-order valence-corrected chi connectivity index (χ4v) is 6.70. The topological polar surface area (TPSA) is 105 Å². The van der Waals surface area contributed by atoms with Crippen molar-refractivity contribution in [3.05, 3.63) is 71.8 Å². The summed E-state index contributed by atoms with van der Waals surface area (Å²) in [5.41, 5.74) is -1.65. The third-order valence-electron chi connectivity index (χ3n) is 7.68. The fourth-order valence-electron chi connectivity index (χ4n) is 6.70. The van der Waals surface area contributed by atoms with Crippen molar-refractivity contribution in [1.29, 1.82) is 0 Å². The van der Waals surface area contributed by atoms with E-state index in [0.717, 1.165) is 19.3 Å². The number of benzene rings is 2. The second-order valence-corrected chi connectivity index (χ2v) is 10.2. The zero-order chi connectivity index (χ0) is 23.8. The van der Waals surface area contributed by atoms with Crippen LogP contribution in [0.3, 0.4) is 0 Å². The lowest BCUT2D eigenvalue weighted by molar-refractivity contribution is -0.164. The van der Waals surface area contributed by atoms with Gasteiger partial charge in [0.2, 0.25) is 5.60 Å². The molecule has 2 aromatic rings. The molecule has 0 aromatic heterocycles. The number of ether oxygens (including phenoxy) is 1. The average molecular weight is 463 g/mol. The van der Waals surface area contributed by atoms with Crippen LogP contribution in [0.5, 0.6) is 0 Å². The van der Waals surface area contributed by atoms with Gasteiger partial charge in [0.1, 0.15) is 0 Å². The minimum atomic E-state index is -2.08. The molecule has 0 heterocycles. The Morgan fingerprint density at radius 2 is 1.32 bits per heavy atom. The minimum absolute atomic E-state index is 0.226. The lowest BCUT2D eigenvalue weighted by Gasteiger charge is -2.56. The molecule has 0 unspecified atom stereocenters. The average Bonchev–Trinajstić information content (AvgIpc) is 2.81. The van der Waals surface area contributed by atoms with Crippen molar-refractivity contribution in [2.24, 2.45) is 17.8 Å². The van der Waals surface area contributed by atoms with Crippen molar-refractivity contribution in [2.75, 3.05) is 6.61 Å². The quantitative estimate of drug-likeness (QED) is 0.572. The summed E-state index contributed by atoms with van der Waals surface area (Å²) in [6.45, 7) is -0.672. The smallest absolute Gasteiger partial charge is 0.348 e. The van der Waals surface area contributed by atoms with Crippen molar-refractivity contribution in [1.82, 2.24) is 10.6 Å². The van der Waals surface area contributed by atoms with Gasteiger partial charge in [-0.05, 0) is 67.4 Å². The van der Waals surface area contributed by atoms with Crippen LogP contribution >= 0.6 is 0 Å². The summed E-state index contributed by atoms with van der Waals surface area (Å²) < 4.78 is 5.19. The molecular weight excluding hydrogens is 432 g/mol. The largest absolute Gasteiger partial charge is 0.453 e. The van der Waals surface area contributed by atoms with Crippen LogP contribution in [-0.2, 0) is 19.9 Å². The summed E-state index contributed by atoms with van der Waals surface area (Å²) in [5, 5.41) is 16.7. The highest BCUT2D eigenvalue weighted by molar-refractivity contribution is 5.96. The first kappa shape index (κ1) is 22.6. The Kier molecular flexibility index (Phi) is 5.90. The van der Waals surface area contributed by atoms with Crippen LogP contribution in [0.15, 0.2) is 60.7 Å². The molecule has 6 rings (SSSR count). The van der Waals surface area contributed by atoms with Gasteiger partial charge in [0.25, 0.3) is 5.91 Å². The van der Waals surface area contributed by atoms with Crippen LogP contribution in [0.25, 0.3) is 0 Å². The van der Waals surface area contributed by atoms with Crippen molar-refractivity contribution in [2.45, 2.75) is 49.7 Å². The summed E-state index contributed by atoms with van der Waals surface area (Å²) in [7, 11) is 0. The number of carbonyl (C=O) groups excluding carboxylic acids is 3. The molecule has 4 bridgehead atoms. The van der Waals surface area contributed by atoms with Gasteiger partial charge in [-0.15, -0.1) is 0 Å². The standard InChI is InChI=1S/C27H30N2O5/c30-23(28-25(32)29-26-14-18-11-19(15-26)13-20(12-18)16-26)17-34-24(31)27(33,21-7-3-1-4-8-21)22-9-5-2-6-10-22/h1-10,18-20,33H,11-17H2,(H2,28,29,30,32). The van der Waals surface area contributed by atoms with Crippen LogP contribution in [0.1, 0.15) is 49.7 Å². The lowest BCUT2D eigenvalue weighted by atomic mass is 9.53. The maximum Gasteiger partial charge on any atom is 0.348 e. The Labute approximate surface area is 198 Å². The van der Waals surface area contributed by atoms with E-state index in [1.165, 1.54) is 19.3 Å². The summed E-state index contributed by atoms with van der Waals surface area (Å²) in [6.07, 6.45) is 6.67. The fraction of sp³-hybridized carbons (Fsp3) is 0.444. The molecule has 0 spiro atoms. The molecule has 4 aliphatic rings. The number of hydrogen-bond donors (Lipinski definition) is 3. The molecule has 0 radical (unpaired) electrons. The lowest BCUT2D eigenvalue weighted by Crippen LogP contribution is -2.62. The van der Waals surface area contributed by atoms with E-state index in [4.69, 9.17) is 4.74 Å². The van der Waals surface area contributed by atoms with Crippen molar-refractivity contribution >= 4 is 17.9 Å². The number of urea groups is 1. The van der Waals surface area contributed by atoms with E-state index in [1.807, 2.05) is 0 Å². The molecule has 2 aromatic carbocycles. The highest BCUT2D eigenvalue weighted by Gasteiger charge is 2.51. The maximum absolute atomic E-state index is 13.0. The van der Waals surface area contributed by atoms with E-state index in [0.29, 0.717) is 28.9 Å². The molecule has 34 heavy (non-hydrogen) atoms. The number of carbonyl (C=O) groups is 3. The normalized spacial score (nSPS) is 27.1. The molecular formula is C27H30N2O5. The minimum Gasteiger partial charge on any atom is -0.453 e. The molecule has 0 saturated heterocycles. The van der Waals surface area contributed by atoms with E-state index in [-0.39, 0.29) is 5.54 Å². The Hall–Kier alpha value is -3.19. The predicted molar refractivity (Wildman–Crippen MR) is 124 cm³/mol. The van der Waals surface area contributed by atoms with Gasteiger partial charge in [0.05, 0.1) is 0 Å². The van der Waals surface area contributed by atoms with Crippen molar-refractivity contribution < 1.29 is 24.2 Å². The monoisotopic (exact) mass is 462 g/mol. The predicted octanol–water partition coefficient (Wildman–Crippen LogP) is 3.26. The Bertz CT molecular complexity index is 994. The first-order valence-corrected chi connectivity index (χ1v) is 12.0. The molecule has 0 aliphatic heterocycles. The molecule has 7 nitrogen and oxygen atoms in total. The number of nitrogens with one attached hydrogen (secondary N) is 2. The van der Waals surface area contributed by atoms with Gasteiger partial charge in [-0.3, -0.25) is 10.1 Å². The number of aliphatic hydroxyl groups is 1. The highest BCUT2D eigenvalue weighted by Crippen LogP contribution is 2.55. The molecule has 178 valence electrons. The van der Waals surface area contributed by atoms with E-state index >= 15 is 0 Å². The number of amides is 3. The molecule has 0 atom stereocenters. The number of hydrogen-bond acceptors (Lipinski definition) is 5. The second kappa shape index (κ2) is 8.87. The number of rotatable bonds is 6.